The molecule has 0 amide bonds. The molecule has 1 aliphatic heterocycles. The second-order valence-corrected chi connectivity index (χ2v) is 4.95. The normalized spacial score (nSPS) is 18.1. The summed E-state index contributed by atoms with van der Waals surface area (Å²) in [7, 11) is 0. The van der Waals surface area contributed by atoms with Crippen LogP contribution in [0.4, 0.5) is 5.95 Å². The second-order valence-electron chi connectivity index (χ2n) is 4.95. The molecule has 1 aliphatic rings. The van der Waals surface area contributed by atoms with Crippen molar-refractivity contribution in [1.82, 2.24) is 19.9 Å². The predicted octanol–water partition coefficient (Wildman–Crippen LogP) is 0.627. The van der Waals surface area contributed by atoms with Gasteiger partial charge in [-0.15, -0.1) is 0 Å². The van der Waals surface area contributed by atoms with Crippen LogP contribution in [-0.2, 0) is 0 Å². The molecule has 1 saturated heterocycles. The average molecular weight is 272 g/mol. The van der Waals surface area contributed by atoms with Crippen LogP contribution >= 0.6 is 0 Å². The van der Waals surface area contributed by atoms with E-state index in [1.807, 2.05) is 18.3 Å². The standard InChI is InChI=1S/C14H20N6/c15-11-13(12-3-1-4-16-12)19-7-9-20(10-8-19)14-17-5-2-6-18-14/h1-6,13,16H,7-11,15H2. The lowest BCUT2D eigenvalue weighted by Crippen LogP contribution is -2.49. The first-order chi connectivity index (χ1) is 9.88. The van der Waals surface area contributed by atoms with E-state index in [0.717, 1.165) is 32.1 Å². The van der Waals surface area contributed by atoms with E-state index >= 15 is 0 Å². The number of aromatic nitrogens is 3. The molecule has 3 N–H and O–H groups in total. The van der Waals surface area contributed by atoms with Gasteiger partial charge in [-0.3, -0.25) is 4.90 Å². The van der Waals surface area contributed by atoms with Crippen LogP contribution in [0.2, 0.25) is 0 Å². The third-order valence-corrected chi connectivity index (χ3v) is 3.79. The molecular formula is C14H20N6. The van der Waals surface area contributed by atoms with Crippen LogP contribution in [0.15, 0.2) is 36.8 Å². The van der Waals surface area contributed by atoms with Gasteiger partial charge in [-0.1, -0.05) is 0 Å². The number of nitrogens with two attached hydrogens (primary N) is 1. The number of hydrogen-bond donors (Lipinski definition) is 2. The molecule has 0 saturated carbocycles. The number of H-pyrrole nitrogens is 1. The van der Waals surface area contributed by atoms with Gasteiger partial charge in [0.15, 0.2) is 0 Å². The van der Waals surface area contributed by atoms with E-state index in [4.69, 9.17) is 5.73 Å². The average Bonchev–Trinajstić information content (AvgIpc) is 3.04. The van der Waals surface area contributed by atoms with Gasteiger partial charge in [0.05, 0.1) is 6.04 Å². The number of anilines is 1. The van der Waals surface area contributed by atoms with Crippen LogP contribution in [0.5, 0.6) is 0 Å². The molecule has 3 heterocycles. The lowest BCUT2D eigenvalue weighted by molar-refractivity contribution is 0.186. The van der Waals surface area contributed by atoms with Gasteiger partial charge < -0.3 is 15.6 Å². The fourth-order valence-electron chi connectivity index (χ4n) is 2.71. The van der Waals surface area contributed by atoms with E-state index in [-0.39, 0.29) is 6.04 Å². The summed E-state index contributed by atoms with van der Waals surface area (Å²) in [6, 6.07) is 6.23. The molecule has 0 aromatic carbocycles. The van der Waals surface area contributed by atoms with E-state index < -0.39 is 0 Å². The Labute approximate surface area is 118 Å². The van der Waals surface area contributed by atoms with Gasteiger partial charge in [-0.05, 0) is 18.2 Å². The van der Waals surface area contributed by atoms with Crippen LogP contribution in [0.25, 0.3) is 0 Å². The predicted molar refractivity (Wildman–Crippen MR) is 78.4 cm³/mol. The SMILES string of the molecule is NCC(c1ccc[nH]1)N1CCN(c2ncccn2)CC1. The van der Waals surface area contributed by atoms with Gasteiger partial charge in [0.1, 0.15) is 0 Å². The van der Waals surface area contributed by atoms with E-state index in [2.05, 4.69) is 30.8 Å². The van der Waals surface area contributed by atoms with Gasteiger partial charge in [0.2, 0.25) is 5.95 Å². The van der Waals surface area contributed by atoms with Crippen molar-refractivity contribution in [1.29, 1.82) is 0 Å². The Morgan fingerprint density at radius 1 is 1.15 bits per heavy atom. The van der Waals surface area contributed by atoms with Gasteiger partial charge in [0.25, 0.3) is 0 Å². The van der Waals surface area contributed by atoms with Crippen molar-refractivity contribution in [3.63, 3.8) is 0 Å². The molecule has 1 unspecified atom stereocenters. The molecule has 106 valence electrons. The van der Waals surface area contributed by atoms with Crippen molar-refractivity contribution in [2.75, 3.05) is 37.6 Å². The molecule has 0 bridgehead atoms. The topological polar surface area (TPSA) is 74.1 Å². The molecule has 6 heteroatoms. The molecule has 2 aromatic heterocycles. The van der Waals surface area contributed by atoms with E-state index in [1.54, 1.807) is 12.4 Å². The minimum atomic E-state index is 0.267. The van der Waals surface area contributed by atoms with Crippen molar-refractivity contribution in [3.05, 3.63) is 42.5 Å². The van der Waals surface area contributed by atoms with Crippen molar-refractivity contribution in [3.8, 4) is 0 Å². The third-order valence-electron chi connectivity index (χ3n) is 3.79. The Morgan fingerprint density at radius 3 is 2.50 bits per heavy atom. The number of rotatable bonds is 4. The molecule has 0 spiro atoms. The Hall–Kier alpha value is -1.92. The molecule has 1 fully saturated rings. The van der Waals surface area contributed by atoms with E-state index in [1.165, 1.54) is 5.69 Å². The third kappa shape index (κ3) is 2.66. The Morgan fingerprint density at radius 2 is 1.90 bits per heavy atom. The van der Waals surface area contributed by atoms with Gasteiger partial charge >= 0.3 is 0 Å². The van der Waals surface area contributed by atoms with Crippen LogP contribution in [0.1, 0.15) is 11.7 Å². The van der Waals surface area contributed by atoms with Crippen LogP contribution in [0, 0.1) is 0 Å². The number of aromatic amines is 1. The lowest BCUT2D eigenvalue weighted by atomic mass is 10.1. The fourth-order valence-corrected chi connectivity index (χ4v) is 2.71. The summed E-state index contributed by atoms with van der Waals surface area (Å²) >= 11 is 0. The molecule has 6 nitrogen and oxygen atoms in total. The highest BCUT2D eigenvalue weighted by Gasteiger charge is 2.25. The van der Waals surface area contributed by atoms with E-state index in [0.29, 0.717) is 6.54 Å². The molecule has 0 radical (unpaired) electrons. The zero-order valence-corrected chi connectivity index (χ0v) is 11.4. The van der Waals surface area contributed by atoms with Crippen LogP contribution in [-0.4, -0.2) is 52.6 Å². The maximum atomic E-state index is 5.94. The molecule has 3 rings (SSSR count). The summed E-state index contributed by atoms with van der Waals surface area (Å²) < 4.78 is 0. The second kappa shape index (κ2) is 6.02. The van der Waals surface area contributed by atoms with Crippen molar-refractivity contribution < 1.29 is 0 Å². The lowest BCUT2D eigenvalue weighted by Gasteiger charge is -2.38. The Bertz CT molecular complexity index is 504. The highest BCUT2D eigenvalue weighted by Crippen LogP contribution is 2.20. The monoisotopic (exact) mass is 272 g/mol. The zero-order chi connectivity index (χ0) is 13.8. The molecule has 20 heavy (non-hydrogen) atoms. The first kappa shape index (κ1) is 13.1. The van der Waals surface area contributed by atoms with E-state index in [9.17, 15) is 0 Å². The van der Waals surface area contributed by atoms with Crippen molar-refractivity contribution >= 4 is 5.95 Å². The summed E-state index contributed by atoms with van der Waals surface area (Å²) in [5, 5.41) is 0. The van der Waals surface area contributed by atoms with Crippen LogP contribution in [0.3, 0.4) is 0 Å². The Kier molecular flexibility index (Phi) is 3.94. The highest BCUT2D eigenvalue weighted by atomic mass is 15.3. The van der Waals surface area contributed by atoms with Crippen LogP contribution < -0.4 is 10.6 Å². The number of piperazine rings is 1. The largest absolute Gasteiger partial charge is 0.364 e. The quantitative estimate of drug-likeness (QED) is 0.854. The summed E-state index contributed by atoms with van der Waals surface area (Å²) in [5.41, 5.74) is 7.13. The highest BCUT2D eigenvalue weighted by molar-refractivity contribution is 5.29. The summed E-state index contributed by atoms with van der Waals surface area (Å²) in [6.45, 7) is 4.43. The molecule has 0 aliphatic carbocycles. The first-order valence-electron chi connectivity index (χ1n) is 6.98. The Balaban J connectivity index is 1.63. The maximum Gasteiger partial charge on any atom is 0.225 e. The molecule has 2 aromatic rings. The zero-order valence-electron chi connectivity index (χ0n) is 11.4. The maximum absolute atomic E-state index is 5.94. The van der Waals surface area contributed by atoms with Crippen molar-refractivity contribution in [2.45, 2.75) is 6.04 Å². The first-order valence-corrected chi connectivity index (χ1v) is 6.98. The molecule has 1 atom stereocenters. The number of nitrogens with one attached hydrogen (secondary N) is 1. The van der Waals surface area contributed by atoms with Gasteiger partial charge in [0, 0.05) is 57.0 Å². The summed E-state index contributed by atoms with van der Waals surface area (Å²) in [4.78, 5) is 16.5. The molecular weight excluding hydrogens is 252 g/mol. The summed E-state index contributed by atoms with van der Waals surface area (Å²) in [5.74, 6) is 0.816. The number of nitrogens with zero attached hydrogens (tertiary/aromatic N) is 4. The van der Waals surface area contributed by atoms with Gasteiger partial charge in [-0.25, -0.2) is 9.97 Å². The van der Waals surface area contributed by atoms with Gasteiger partial charge in [-0.2, -0.15) is 0 Å². The fraction of sp³-hybridized carbons (Fsp3) is 0.429. The minimum Gasteiger partial charge on any atom is -0.364 e. The number of hydrogen-bond acceptors (Lipinski definition) is 5. The summed E-state index contributed by atoms with van der Waals surface area (Å²) in [6.07, 6.45) is 5.53. The minimum absolute atomic E-state index is 0.267. The van der Waals surface area contributed by atoms with Crippen molar-refractivity contribution in [2.24, 2.45) is 5.73 Å². The smallest absolute Gasteiger partial charge is 0.225 e.